The molecule has 0 aliphatic heterocycles. The van der Waals surface area contributed by atoms with Crippen LogP contribution in [0.5, 0.6) is 0 Å². The number of nitrogens with one attached hydrogen (secondary N) is 2. The molecule has 1 atom stereocenters. The highest BCUT2D eigenvalue weighted by atomic mass is 127. The van der Waals surface area contributed by atoms with Crippen LogP contribution in [0.4, 0.5) is 0 Å². The van der Waals surface area contributed by atoms with Gasteiger partial charge in [0, 0.05) is 23.9 Å². The number of halogens is 1. The summed E-state index contributed by atoms with van der Waals surface area (Å²) in [7, 11) is 4.34. The Morgan fingerprint density at radius 2 is 1.95 bits per heavy atom. The van der Waals surface area contributed by atoms with Crippen molar-refractivity contribution in [2.75, 3.05) is 40.0 Å². The number of guanidine groups is 1. The monoisotopic (exact) mass is 428 g/mol. The summed E-state index contributed by atoms with van der Waals surface area (Å²) in [5.74, 6) is 1.81. The summed E-state index contributed by atoms with van der Waals surface area (Å²) in [4.78, 5) is 7.06. The van der Waals surface area contributed by atoms with Gasteiger partial charge in [-0.05, 0) is 59.9 Å². The van der Waals surface area contributed by atoms with Gasteiger partial charge in [0.05, 0.1) is 6.54 Å². The van der Waals surface area contributed by atoms with Crippen LogP contribution in [0.2, 0.25) is 0 Å². The highest BCUT2D eigenvalue weighted by Crippen LogP contribution is 2.34. The van der Waals surface area contributed by atoms with Crippen molar-refractivity contribution >= 4 is 41.7 Å². The van der Waals surface area contributed by atoms with E-state index in [0.29, 0.717) is 6.04 Å². The van der Waals surface area contributed by atoms with Crippen LogP contribution in [0.15, 0.2) is 4.99 Å². The molecule has 0 radical (unpaired) electrons. The first-order valence-corrected chi connectivity index (χ1v) is 8.86. The van der Waals surface area contributed by atoms with E-state index >= 15 is 0 Å². The van der Waals surface area contributed by atoms with Crippen LogP contribution >= 0.6 is 35.7 Å². The van der Waals surface area contributed by atoms with Crippen molar-refractivity contribution in [2.24, 2.45) is 10.9 Å². The second-order valence-electron chi connectivity index (χ2n) is 6.41. The van der Waals surface area contributed by atoms with Crippen molar-refractivity contribution in [3.05, 3.63) is 0 Å². The average Bonchev–Trinajstić information content (AvgIpc) is 3.20. The zero-order valence-corrected chi connectivity index (χ0v) is 17.5. The molecule has 6 heteroatoms. The minimum absolute atomic E-state index is 0. The first-order chi connectivity index (χ1) is 9.39. The third-order valence-corrected chi connectivity index (χ3v) is 5.06. The quantitative estimate of drug-likeness (QED) is 0.354. The molecular formula is C15H33IN4S. The van der Waals surface area contributed by atoms with Crippen LogP contribution in [-0.2, 0) is 0 Å². The average molecular weight is 428 g/mol. The Hall–Kier alpha value is 0.310. The molecule has 1 saturated carbocycles. The Kier molecular flexibility index (Phi) is 10.3. The minimum Gasteiger partial charge on any atom is -0.357 e. The van der Waals surface area contributed by atoms with Gasteiger partial charge < -0.3 is 15.5 Å². The van der Waals surface area contributed by atoms with Crippen LogP contribution in [0.1, 0.15) is 33.6 Å². The molecule has 4 nitrogen and oxygen atoms in total. The Morgan fingerprint density at radius 1 is 1.33 bits per heavy atom. The molecule has 1 rings (SSSR count). The van der Waals surface area contributed by atoms with E-state index in [-0.39, 0.29) is 28.7 Å². The number of thioether (sulfide) groups is 1. The number of aliphatic imine (C=N–C) groups is 1. The van der Waals surface area contributed by atoms with Gasteiger partial charge >= 0.3 is 0 Å². The van der Waals surface area contributed by atoms with Gasteiger partial charge in [0.25, 0.3) is 0 Å². The van der Waals surface area contributed by atoms with E-state index in [1.807, 2.05) is 11.8 Å². The first-order valence-electron chi connectivity index (χ1n) is 7.63. The topological polar surface area (TPSA) is 39.7 Å². The molecule has 0 aromatic rings. The minimum atomic E-state index is 0. The smallest absolute Gasteiger partial charge is 0.191 e. The molecule has 126 valence electrons. The number of likely N-dealkylation sites (N-methyl/N-ethyl adjacent to an activating group) is 1. The molecule has 21 heavy (non-hydrogen) atoms. The fourth-order valence-electron chi connectivity index (χ4n) is 2.13. The Labute approximate surface area is 152 Å². The van der Waals surface area contributed by atoms with Gasteiger partial charge in [0.15, 0.2) is 5.96 Å². The zero-order valence-electron chi connectivity index (χ0n) is 14.4. The Balaban J connectivity index is 0.00000400. The molecule has 0 aromatic heterocycles. The maximum Gasteiger partial charge on any atom is 0.191 e. The van der Waals surface area contributed by atoms with Crippen molar-refractivity contribution in [3.63, 3.8) is 0 Å². The van der Waals surface area contributed by atoms with Gasteiger partial charge in [-0.3, -0.25) is 4.99 Å². The van der Waals surface area contributed by atoms with Gasteiger partial charge in [0.2, 0.25) is 0 Å². The van der Waals surface area contributed by atoms with Gasteiger partial charge in [-0.15, -0.1) is 24.0 Å². The lowest BCUT2D eigenvalue weighted by molar-refractivity contribution is 0.264. The van der Waals surface area contributed by atoms with Gasteiger partial charge in [-0.1, -0.05) is 0 Å². The summed E-state index contributed by atoms with van der Waals surface area (Å²) in [6, 6.07) is 0.618. The lowest BCUT2D eigenvalue weighted by atomic mass is 10.1. The Bertz CT molecular complexity index is 315. The summed E-state index contributed by atoms with van der Waals surface area (Å²) in [6.45, 7) is 9.29. The first kappa shape index (κ1) is 21.3. The van der Waals surface area contributed by atoms with Crippen molar-refractivity contribution in [1.29, 1.82) is 0 Å². The third kappa shape index (κ3) is 8.50. The number of hydrogen-bond donors (Lipinski definition) is 2. The normalized spacial score (nSPS) is 17.4. The van der Waals surface area contributed by atoms with E-state index in [1.165, 1.54) is 12.8 Å². The molecule has 0 heterocycles. The fourth-order valence-corrected chi connectivity index (χ4v) is 2.32. The highest BCUT2D eigenvalue weighted by Gasteiger charge is 2.32. The predicted octanol–water partition coefficient (Wildman–Crippen LogP) is 2.64. The maximum atomic E-state index is 4.72. The summed E-state index contributed by atoms with van der Waals surface area (Å²) in [5.41, 5.74) is 0. The van der Waals surface area contributed by atoms with E-state index in [9.17, 15) is 0 Å². The zero-order chi connectivity index (χ0) is 15.2. The highest BCUT2D eigenvalue weighted by molar-refractivity contribution is 14.0. The molecule has 1 aliphatic rings. The summed E-state index contributed by atoms with van der Waals surface area (Å²) >= 11 is 1.86. The molecule has 0 amide bonds. The molecule has 1 fully saturated rings. The van der Waals surface area contributed by atoms with Crippen LogP contribution in [-0.4, -0.2) is 61.6 Å². The summed E-state index contributed by atoms with van der Waals surface area (Å²) < 4.78 is 0.194. The third-order valence-electron chi connectivity index (χ3n) is 3.82. The molecule has 0 aromatic carbocycles. The maximum absolute atomic E-state index is 4.72. The van der Waals surface area contributed by atoms with E-state index in [2.05, 4.69) is 56.7 Å². The van der Waals surface area contributed by atoms with Crippen molar-refractivity contribution in [2.45, 2.75) is 44.4 Å². The van der Waals surface area contributed by atoms with Gasteiger partial charge in [-0.25, -0.2) is 0 Å². The SMILES string of the molecule is CCNC(=NCC(C)(C)SC)NCC(C1CC1)N(C)C.I. The summed E-state index contributed by atoms with van der Waals surface area (Å²) in [5, 5.41) is 6.85. The lowest BCUT2D eigenvalue weighted by Crippen LogP contribution is -2.46. The van der Waals surface area contributed by atoms with Crippen molar-refractivity contribution in [1.82, 2.24) is 15.5 Å². The van der Waals surface area contributed by atoms with Crippen LogP contribution in [0, 0.1) is 5.92 Å². The second-order valence-corrected chi connectivity index (χ2v) is 7.92. The fraction of sp³-hybridized carbons (Fsp3) is 0.933. The molecule has 2 N–H and O–H groups in total. The molecule has 0 bridgehead atoms. The standard InChI is InChI=1S/C15H32N4S.HI/c1-7-16-14(18-11-15(2,3)20-6)17-10-13(19(4)5)12-8-9-12;/h12-13H,7-11H2,1-6H3,(H2,16,17,18);1H. The van der Waals surface area contributed by atoms with Gasteiger partial charge in [-0.2, -0.15) is 11.8 Å². The van der Waals surface area contributed by atoms with E-state index in [1.54, 1.807) is 0 Å². The van der Waals surface area contributed by atoms with Crippen molar-refractivity contribution in [3.8, 4) is 0 Å². The molecule has 1 aliphatic carbocycles. The molecule has 0 saturated heterocycles. The predicted molar refractivity (Wildman–Crippen MR) is 107 cm³/mol. The summed E-state index contributed by atoms with van der Waals surface area (Å²) in [6.07, 6.45) is 4.89. The number of nitrogens with zero attached hydrogens (tertiary/aromatic N) is 2. The van der Waals surface area contributed by atoms with E-state index in [4.69, 9.17) is 4.99 Å². The molecular weight excluding hydrogens is 395 g/mol. The van der Waals surface area contributed by atoms with Crippen molar-refractivity contribution < 1.29 is 0 Å². The molecule has 0 spiro atoms. The van der Waals surface area contributed by atoms with E-state index < -0.39 is 0 Å². The second kappa shape index (κ2) is 10.2. The largest absolute Gasteiger partial charge is 0.357 e. The Morgan fingerprint density at radius 3 is 2.38 bits per heavy atom. The molecule has 1 unspecified atom stereocenters. The van der Waals surface area contributed by atoms with E-state index in [0.717, 1.165) is 31.5 Å². The van der Waals surface area contributed by atoms with Crippen LogP contribution in [0.3, 0.4) is 0 Å². The van der Waals surface area contributed by atoms with Gasteiger partial charge in [0.1, 0.15) is 0 Å². The van der Waals surface area contributed by atoms with Crippen LogP contribution < -0.4 is 10.6 Å². The number of rotatable bonds is 8. The lowest BCUT2D eigenvalue weighted by Gasteiger charge is -2.26. The van der Waals surface area contributed by atoms with Crippen LogP contribution in [0.25, 0.3) is 0 Å². The number of hydrogen-bond acceptors (Lipinski definition) is 3.